The molecule has 3 heterocycles. The van der Waals surface area contributed by atoms with Gasteiger partial charge in [0, 0.05) is 26.2 Å². The fourth-order valence-corrected chi connectivity index (χ4v) is 3.32. The van der Waals surface area contributed by atoms with E-state index in [4.69, 9.17) is 4.74 Å². The number of likely N-dealkylation sites (tertiary alicyclic amines) is 1. The van der Waals surface area contributed by atoms with Gasteiger partial charge in [-0.15, -0.1) is 0 Å². The van der Waals surface area contributed by atoms with Gasteiger partial charge in [0.1, 0.15) is 18.2 Å². The lowest BCUT2D eigenvalue weighted by Gasteiger charge is -2.34. The predicted molar refractivity (Wildman–Crippen MR) is 82.7 cm³/mol. The number of aliphatic hydroxyl groups is 1. The summed E-state index contributed by atoms with van der Waals surface area (Å²) in [6.45, 7) is 8.24. The van der Waals surface area contributed by atoms with Crippen molar-refractivity contribution in [1.29, 1.82) is 0 Å². The zero-order valence-corrected chi connectivity index (χ0v) is 13.8. The molecule has 1 aromatic rings. The molecule has 0 unspecified atom stereocenters. The quantitative estimate of drug-likeness (QED) is 0.789. The molecule has 8 heteroatoms. The summed E-state index contributed by atoms with van der Waals surface area (Å²) < 4.78 is 6.90. The van der Waals surface area contributed by atoms with Gasteiger partial charge in [-0.05, 0) is 20.3 Å². The van der Waals surface area contributed by atoms with Crippen molar-refractivity contribution in [3.8, 4) is 0 Å². The first-order valence-corrected chi connectivity index (χ1v) is 8.08. The topological polar surface area (TPSA) is 83.7 Å². The third-order valence-corrected chi connectivity index (χ3v) is 4.76. The summed E-state index contributed by atoms with van der Waals surface area (Å²) in [5.74, 6) is -0.0408. The van der Waals surface area contributed by atoms with E-state index < -0.39 is 11.1 Å². The lowest BCUT2D eigenvalue weighted by atomic mass is 10.0. The number of aromatic nitrogens is 3. The van der Waals surface area contributed by atoms with Gasteiger partial charge in [0.25, 0.3) is 0 Å². The second-order valence-electron chi connectivity index (χ2n) is 6.99. The number of nitrogens with zero attached hydrogens (tertiary/aromatic N) is 5. The van der Waals surface area contributed by atoms with Gasteiger partial charge >= 0.3 is 0 Å². The smallest absolute Gasteiger partial charge is 0.250 e. The van der Waals surface area contributed by atoms with Gasteiger partial charge in [-0.1, -0.05) is 0 Å². The SMILES string of the molecule is CC(C)(C(=O)N1CC[C@@](O)(CN2CCOCC2)C1)n1cncn1. The fraction of sp³-hybridized carbons (Fsp3) is 0.800. The normalized spacial score (nSPS) is 26.7. The molecule has 0 spiro atoms. The molecule has 3 rings (SSSR count). The van der Waals surface area contributed by atoms with Gasteiger partial charge < -0.3 is 14.7 Å². The van der Waals surface area contributed by atoms with E-state index in [0.29, 0.717) is 39.3 Å². The van der Waals surface area contributed by atoms with Crippen molar-refractivity contribution in [2.24, 2.45) is 0 Å². The van der Waals surface area contributed by atoms with Crippen molar-refractivity contribution in [2.75, 3.05) is 45.9 Å². The maximum atomic E-state index is 12.8. The van der Waals surface area contributed by atoms with Crippen molar-refractivity contribution in [1.82, 2.24) is 24.6 Å². The van der Waals surface area contributed by atoms with Crippen LogP contribution in [0.4, 0.5) is 0 Å². The molecule has 8 nitrogen and oxygen atoms in total. The van der Waals surface area contributed by atoms with E-state index in [0.717, 1.165) is 13.1 Å². The summed E-state index contributed by atoms with van der Waals surface area (Å²) >= 11 is 0. The van der Waals surface area contributed by atoms with Gasteiger partial charge in [0.15, 0.2) is 0 Å². The molecule has 2 fully saturated rings. The molecule has 0 saturated carbocycles. The summed E-state index contributed by atoms with van der Waals surface area (Å²) in [5.41, 5.74) is -1.65. The van der Waals surface area contributed by atoms with Crippen molar-refractivity contribution < 1.29 is 14.6 Å². The Morgan fingerprint density at radius 1 is 1.35 bits per heavy atom. The van der Waals surface area contributed by atoms with Crippen LogP contribution in [0.2, 0.25) is 0 Å². The summed E-state index contributed by atoms with van der Waals surface area (Å²) in [6.07, 6.45) is 3.57. The van der Waals surface area contributed by atoms with Crippen molar-refractivity contribution >= 4 is 5.91 Å². The Hall–Kier alpha value is -1.51. The molecule has 1 amide bonds. The number of hydrogen-bond donors (Lipinski definition) is 1. The van der Waals surface area contributed by atoms with Gasteiger partial charge in [-0.2, -0.15) is 5.10 Å². The van der Waals surface area contributed by atoms with E-state index in [1.165, 1.54) is 6.33 Å². The molecule has 0 bridgehead atoms. The highest BCUT2D eigenvalue weighted by Gasteiger charge is 2.44. The molecule has 1 atom stereocenters. The van der Waals surface area contributed by atoms with E-state index in [2.05, 4.69) is 15.0 Å². The highest BCUT2D eigenvalue weighted by atomic mass is 16.5. The van der Waals surface area contributed by atoms with Crippen LogP contribution in [0.1, 0.15) is 20.3 Å². The third-order valence-electron chi connectivity index (χ3n) is 4.76. The molecule has 0 aliphatic carbocycles. The molecule has 1 N–H and O–H groups in total. The number of amides is 1. The first-order valence-electron chi connectivity index (χ1n) is 8.08. The van der Waals surface area contributed by atoms with Gasteiger partial charge in [-0.3, -0.25) is 9.69 Å². The molecule has 23 heavy (non-hydrogen) atoms. The van der Waals surface area contributed by atoms with Crippen LogP contribution in [0.25, 0.3) is 0 Å². The number of β-amino-alcohol motifs (C(OH)–C–C–N with tert-alkyl or cyclic N) is 1. The summed E-state index contributed by atoms with van der Waals surface area (Å²) in [5, 5.41) is 14.9. The first-order chi connectivity index (χ1) is 10.9. The Kier molecular flexibility index (Phi) is 4.39. The molecule has 0 aromatic carbocycles. The summed E-state index contributed by atoms with van der Waals surface area (Å²) in [6, 6.07) is 0. The number of morpholine rings is 1. The predicted octanol–water partition coefficient (Wildman–Crippen LogP) is -0.691. The molecule has 2 aliphatic rings. The van der Waals surface area contributed by atoms with Crippen LogP contribution in [0.15, 0.2) is 12.7 Å². The van der Waals surface area contributed by atoms with E-state index >= 15 is 0 Å². The average Bonchev–Trinajstić information content (AvgIpc) is 3.18. The largest absolute Gasteiger partial charge is 0.387 e. The Bertz CT molecular complexity index is 541. The molecule has 1 aromatic heterocycles. The zero-order chi connectivity index (χ0) is 16.5. The monoisotopic (exact) mass is 323 g/mol. The van der Waals surface area contributed by atoms with E-state index in [1.807, 2.05) is 13.8 Å². The van der Waals surface area contributed by atoms with Crippen LogP contribution < -0.4 is 0 Å². The van der Waals surface area contributed by atoms with E-state index in [1.54, 1.807) is 15.9 Å². The highest BCUT2D eigenvalue weighted by molar-refractivity contribution is 5.84. The molecule has 128 valence electrons. The van der Waals surface area contributed by atoms with Crippen molar-refractivity contribution in [2.45, 2.75) is 31.4 Å². The van der Waals surface area contributed by atoms with Gasteiger partial charge in [0.2, 0.25) is 5.91 Å². The van der Waals surface area contributed by atoms with Crippen LogP contribution in [-0.4, -0.2) is 87.1 Å². The Balaban J connectivity index is 1.63. The summed E-state index contributed by atoms with van der Waals surface area (Å²) in [7, 11) is 0. The standard InChI is InChI=1S/C15H25N5O3/c1-14(2,20-12-16-11-17-20)13(21)19-4-3-15(22,10-19)9-18-5-7-23-8-6-18/h11-12,22H,3-10H2,1-2H3/t15-/m1/s1. The van der Waals surface area contributed by atoms with E-state index in [-0.39, 0.29) is 5.91 Å². The van der Waals surface area contributed by atoms with Crippen LogP contribution >= 0.6 is 0 Å². The van der Waals surface area contributed by atoms with Gasteiger partial charge in [0.05, 0.1) is 25.4 Å². The second kappa shape index (κ2) is 6.18. The second-order valence-corrected chi connectivity index (χ2v) is 6.99. The molecule has 2 saturated heterocycles. The lowest BCUT2D eigenvalue weighted by molar-refractivity contribution is -0.140. The molecule has 0 radical (unpaired) electrons. The number of hydrogen-bond acceptors (Lipinski definition) is 6. The highest BCUT2D eigenvalue weighted by Crippen LogP contribution is 2.27. The number of carbonyl (C=O) groups is 1. The Morgan fingerprint density at radius 3 is 2.74 bits per heavy atom. The first kappa shape index (κ1) is 16.4. The minimum absolute atomic E-state index is 0.0408. The van der Waals surface area contributed by atoms with E-state index in [9.17, 15) is 9.90 Å². The zero-order valence-electron chi connectivity index (χ0n) is 13.8. The molecule has 2 aliphatic heterocycles. The Morgan fingerprint density at radius 2 is 2.09 bits per heavy atom. The Labute approximate surface area is 136 Å². The molecular weight excluding hydrogens is 298 g/mol. The van der Waals surface area contributed by atoms with Gasteiger partial charge in [-0.25, -0.2) is 9.67 Å². The summed E-state index contributed by atoms with van der Waals surface area (Å²) in [4.78, 5) is 20.7. The van der Waals surface area contributed by atoms with Crippen molar-refractivity contribution in [3.63, 3.8) is 0 Å². The van der Waals surface area contributed by atoms with Crippen LogP contribution in [0.3, 0.4) is 0 Å². The minimum atomic E-state index is -0.842. The maximum Gasteiger partial charge on any atom is 0.250 e. The maximum absolute atomic E-state index is 12.8. The number of ether oxygens (including phenoxy) is 1. The van der Waals surface area contributed by atoms with Crippen molar-refractivity contribution in [3.05, 3.63) is 12.7 Å². The van der Waals surface area contributed by atoms with Crippen LogP contribution in [0, 0.1) is 0 Å². The lowest BCUT2D eigenvalue weighted by Crippen LogP contribution is -2.51. The molecular formula is C15H25N5O3. The van der Waals surface area contributed by atoms with Crippen LogP contribution in [-0.2, 0) is 15.1 Å². The van der Waals surface area contributed by atoms with Crippen LogP contribution in [0.5, 0.6) is 0 Å². The minimum Gasteiger partial charge on any atom is -0.387 e. The number of rotatable bonds is 4. The third kappa shape index (κ3) is 3.39. The number of carbonyl (C=O) groups excluding carboxylic acids is 1. The fourth-order valence-electron chi connectivity index (χ4n) is 3.32. The average molecular weight is 323 g/mol.